The van der Waals surface area contributed by atoms with Crippen LogP contribution in [-0.2, 0) is 22.6 Å². The molecular formula is C27H30N4O3. The van der Waals surface area contributed by atoms with Crippen molar-refractivity contribution >= 4 is 17.6 Å². The SMILES string of the molecule is CC(Cc1ccccc1)C(=O)ONC(=O)c1cccc(CN2CCN(c3ccncc3)CC2)c1. The molecule has 1 aliphatic heterocycles. The maximum Gasteiger partial charge on any atom is 0.335 e. The van der Waals surface area contributed by atoms with Crippen molar-refractivity contribution in [2.75, 3.05) is 31.1 Å². The highest BCUT2D eigenvalue weighted by molar-refractivity contribution is 5.94. The quantitative estimate of drug-likeness (QED) is 0.547. The van der Waals surface area contributed by atoms with Crippen molar-refractivity contribution in [2.45, 2.75) is 19.9 Å². The number of amides is 1. The number of anilines is 1. The van der Waals surface area contributed by atoms with E-state index >= 15 is 0 Å². The summed E-state index contributed by atoms with van der Waals surface area (Å²) in [5.41, 5.74) is 6.07. The standard InChI is InChI=1S/C27H30N4O3/c1-21(18-22-6-3-2-4-7-22)27(33)34-29-26(32)24-9-5-8-23(19-24)20-30-14-16-31(17-15-30)25-10-12-28-13-11-25/h2-13,19,21H,14-18,20H2,1H3,(H,29,32). The third-order valence-electron chi connectivity index (χ3n) is 6.03. The van der Waals surface area contributed by atoms with Gasteiger partial charge in [0.05, 0.1) is 5.92 Å². The number of piperazine rings is 1. The van der Waals surface area contributed by atoms with Gasteiger partial charge in [0.15, 0.2) is 0 Å². The van der Waals surface area contributed by atoms with Crippen LogP contribution >= 0.6 is 0 Å². The molecule has 2 aromatic carbocycles. The molecule has 1 aromatic heterocycles. The van der Waals surface area contributed by atoms with Crippen molar-refractivity contribution in [1.82, 2.24) is 15.4 Å². The van der Waals surface area contributed by atoms with E-state index < -0.39 is 11.9 Å². The van der Waals surface area contributed by atoms with Crippen molar-refractivity contribution in [1.29, 1.82) is 0 Å². The molecule has 7 nitrogen and oxygen atoms in total. The first-order chi connectivity index (χ1) is 16.6. The summed E-state index contributed by atoms with van der Waals surface area (Å²) in [4.78, 5) is 38.7. The van der Waals surface area contributed by atoms with E-state index in [9.17, 15) is 9.59 Å². The average molecular weight is 459 g/mol. The molecule has 1 aliphatic rings. The molecule has 7 heteroatoms. The molecule has 4 rings (SSSR count). The van der Waals surface area contributed by atoms with Crippen LogP contribution in [0.25, 0.3) is 0 Å². The van der Waals surface area contributed by atoms with Gasteiger partial charge in [-0.3, -0.25) is 14.7 Å². The van der Waals surface area contributed by atoms with Crippen LogP contribution in [0, 0.1) is 5.92 Å². The van der Waals surface area contributed by atoms with E-state index in [1.54, 1.807) is 13.0 Å². The predicted octanol–water partition coefficient (Wildman–Crippen LogP) is 3.47. The Morgan fingerprint density at radius 1 is 0.941 bits per heavy atom. The van der Waals surface area contributed by atoms with E-state index in [-0.39, 0.29) is 5.92 Å². The first-order valence-electron chi connectivity index (χ1n) is 11.6. The number of carbonyl (C=O) groups is 2. The van der Waals surface area contributed by atoms with E-state index in [0.29, 0.717) is 12.0 Å². The summed E-state index contributed by atoms with van der Waals surface area (Å²) in [5.74, 6) is -1.25. The number of pyridine rings is 1. The van der Waals surface area contributed by atoms with E-state index in [2.05, 4.69) is 20.3 Å². The van der Waals surface area contributed by atoms with Crippen molar-refractivity contribution in [3.63, 3.8) is 0 Å². The summed E-state index contributed by atoms with van der Waals surface area (Å²) in [7, 11) is 0. The van der Waals surface area contributed by atoms with Crippen LogP contribution in [0.15, 0.2) is 79.1 Å². The Morgan fingerprint density at radius 3 is 2.38 bits per heavy atom. The molecule has 1 saturated heterocycles. The van der Waals surface area contributed by atoms with E-state index in [1.807, 2.05) is 73.1 Å². The molecule has 0 spiro atoms. The number of hydrogen-bond donors (Lipinski definition) is 1. The smallest absolute Gasteiger partial charge is 0.335 e. The Bertz CT molecular complexity index is 1080. The van der Waals surface area contributed by atoms with Gasteiger partial charge in [-0.1, -0.05) is 49.4 Å². The summed E-state index contributed by atoms with van der Waals surface area (Å²) in [6, 6.07) is 21.2. The monoisotopic (exact) mass is 458 g/mol. The van der Waals surface area contributed by atoms with Crippen molar-refractivity contribution < 1.29 is 14.4 Å². The lowest BCUT2D eigenvalue weighted by molar-refractivity contribution is -0.153. The maximum atomic E-state index is 12.6. The molecule has 1 N–H and O–H groups in total. The molecule has 2 heterocycles. The molecule has 0 radical (unpaired) electrons. The highest BCUT2D eigenvalue weighted by Crippen LogP contribution is 2.17. The number of nitrogens with one attached hydrogen (secondary N) is 1. The van der Waals surface area contributed by atoms with Gasteiger partial charge < -0.3 is 9.74 Å². The Kier molecular flexibility index (Phi) is 7.88. The van der Waals surface area contributed by atoms with Gasteiger partial charge in [-0.25, -0.2) is 4.79 Å². The number of carbonyl (C=O) groups excluding carboxylic acids is 2. The second-order valence-corrected chi connectivity index (χ2v) is 8.61. The number of aromatic nitrogens is 1. The minimum Gasteiger partial charge on any atom is -0.369 e. The number of nitrogens with zero attached hydrogens (tertiary/aromatic N) is 3. The van der Waals surface area contributed by atoms with Crippen LogP contribution in [0.1, 0.15) is 28.4 Å². The number of rotatable bonds is 7. The summed E-state index contributed by atoms with van der Waals surface area (Å²) < 4.78 is 0. The number of benzene rings is 2. The number of hydroxylamine groups is 1. The van der Waals surface area contributed by atoms with Crippen LogP contribution in [0.5, 0.6) is 0 Å². The second-order valence-electron chi connectivity index (χ2n) is 8.61. The largest absolute Gasteiger partial charge is 0.369 e. The zero-order valence-corrected chi connectivity index (χ0v) is 19.4. The molecule has 34 heavy (non-hydrogen) atoms. The van der Waals surface area contributed by atoms with Gasteiger partial charge >= 0.3 is 5.97 Å². The lowest BCUT2D eigenvalue weighted by Gasteiger charge is -2.36. The van der Waals surface area contributed by atoms with E-state index in [4.69, 9.17) is 4.84 Å². The third kappa shape index (κ3) is 6.42. The molecule has 1 fully saturated rings. The van der Waals surface area contributed by atoms with Crippen LogP contribution in [0.2, 0.25) is 0 Å². The van der Waals surface area contributed by atoms with Gasteiger partial charge in [-0.15, -0.1) is 0 Å². The van der Waals surface area contributed by atoms with Gasteiger partial charge in [0.2, 0.25) is 0 Å². The molecule has 176 valence electrons. The van der Waals surface area contributed by atoms with E-state index in [1.165, 1.54) is 5.69 Å². The highest BCUT2D eigenvalue weighted by Gasteiger charge is 2.19. The lowest BCUT2D eigenvalue weighted by Crippen LogP contribution is -2.46. The Labute approximate surface area is 200 Å². The Balaban J connectivity index is 1.25. The fourth-order valence-electron chi connectivity index (χ4n) is 4.10. The van der Waals surface area contributed by atoms with Crippen LogP contribution in [0.3, 0.4) is 0 Å². The van der Waals surface area contributed by atoms with Crippen LogP contribution in [0.4, 0.5) is 5.69 Å². The molecule has 1 atom stereocenters. The minimum absolute atomic E-state index is 0.361. The minimum atomic E-state index is -0.458. The number of hydrogen-bond acceptors (Lipinski definition) is 6. The van der Waals surface area contributed by atoms with Crippen molar-refractivity contribution in [2.24, 2.45) is 5.92 Å². The average Bonchev–Trinajstić information content (AvgIpc) is 2.89. The second kappa shape index (κ2) is 11.4. The Hall–Kier alpha value is -3.71. The van der Waals surface area contributed by atoms with Gasteiger partial charge in [-0.2, -0.15) is 5.48 Å². The molecule has 0 bridgehead atoms. The van der Waals surface area contributed by atoms with Crippen molar-refractivity contribution in [3.05, 3.63) is 95.8 Å². The summed E-state index contributed by atoms with van der Waals surface area (Å²) in [6.45, 7) is 6.32. The van der Waals surface area contributed by atoms with Gasteiger partial charge in [-0.05, 0) is 41.8 Å². The van der Waals surface area contributed by atoms with Gasteiger partial charge in [0.1, 0.15) is 0 Å². The normalized spacial score (nSPS) is 14.9. The van der Waals surface area contributed by atoms with Crippen molar-refractivity contribution in [3.8, 4) is 0 Å². The summed E-state index contributed by atoms with van der Waals surface area (Å²) >= 11 is 0. The molecule has 3 aromatic rings. The van der Waals surface area contributed by atoms with E-state index in [0.717, 1.165) is 43.9 Å². The van der Waals surface area contributed by atoms with Gasteiger partial charge in [0, 0.05) is 56.4 Å². The first kappa shape index (κ1) is 23.4. The molecule has 0 aliphatic carbocycles. The fraction of sp³-hybridized carbons (Fsp3) is 0.296. The van der Waals surface area contributed by atoms with Crippen LogP contribution in [-0.4, -0.2) is 47.9 Å². The summed E-state index contributed by atoms with van der Waals surface area (Å²) in [6.07, 6.45) is 4.19. The Morgan fingerprint density at radius 2 is 1.65 bits per heavy atom. The maximum absolute atomic E-state index is 12.6. The fourth-order valence-corrected chi connectivity index (χ4v) is 4.10. The predicted molar refractivity (Wildman–Crippen MR) is 131 cm³/mol. The zero-order valence-electron chi connectivity index (χ0n) is 19.4. The summed E-state index contributed by atoms with van der Waals surface area (Å²) in [5, 5.41) is 0. The molecular weight excluding hydrogens is 428 g/mol. The molecule has 0 saturated carbocycles. The third-order valence-corrected chi connectivity index (χ3v) is 6.03. The topological polar surface area (TPSA) is 74.8 Å². The molecule has 1 amide bonds. The lowest BCUT2D eigenvalue weighted by atomic mass is 10.0. The zero-order chi connectivity index (χ0) is 23.8. The van der Waals surface area contributed by atoms with Gasteiger partial charge in [0.25, 0.3) is 5.91 Å². The van der Waals surface area contributed by atoms with Crippen LogP contribution < -0.4 is 10.4 Å². The highest BCUT2D eigenvalue weighted by atomic mass is 16.7. The molecule has 1 unspecified atom stereocenters. The first-order valence-corrected chi connectivity index (χ1v) is 11.6.